The van der Waals surface area contributed by atoms with Crippen LogP contribution in [0.5, 0.6) is 0 Å². The van der Waals surface area contributed by atoms with Gasteiger partial charge in [0, 0.05) is 29.0 Å². The van der Waals surface area contributed by atoms with Gasteiger partial charge in [0.1, 0.15) is 0 Å². The van der Waals surface area contributed by atoms with Crippen molar-refractivity contribution >= 4 is 22.5 Å². The van der Waals surface area contributed by atoms with Crippen molar-refractivity contribution in [1.29, 1.82) is 5.26 Å². The van der Waals surface area contributed by atoms with E-state index in [0.29, 0.717) is 16.8 Å². The molecule has 4 aromatic rings. The number of fused-ring (bicyclic) bond motifs is 1. The third-order valence-corrected chi connectivity index (χ3v) is 4.20. The molecule has 5 nitrogen and oxygen atoms in total. The van der Waals surface area contributed by atoms with Gasteiger partial charge in [-0.3, -0.25) is 14.8 Å². The predicted octanol–water partition coefficient (Wildman–Crippen LogP) is 4.42. The molecule has 1 N–H and O–H groups in total. The fourth-order valence-electron chi connectivity index (χ4n) is 2.76. The van der Waals surface area contributed by atoms with Crippen LogP contribution in [-0.4, -0.2) is 15.9 Å². The Bertz CT molecular complexity index is 1160. The van der Waals surface area contributed by atoms with Crippen molar-refractivity contribution in [3.8, 4) is 17.3 Å². The van der Waals surface area contributed by atoms with E-state index in [2.05, 4.69) is 21.4 Å². The first-order valence-electron chi connectivity index (χ1n) is 8.36. The molecule has 4 rings (SSSR count). The molecule has 27 heavy (non-hydrogen) atoms. The van der Waals surface area contributed by atoms with Crippen molar-refractivity contribution in [1.82, 2.24) is 9.97 Å². The molecule has 1 amide bonds. The van der Waals surface area contributed by atoms with Crippen LogP contribution < -0.4 is 5.32 Å². The van der Waals surface area contributed by atoms with Crippen molar-refractivity contribution in [2.45, 2.75) is 0 Å². The van der Waals surface area contributed by atoms with E-state index < -0.39 is 0 Å². The van der Waals surface area contributed by atoms with E-state index in [1.165, 1.54) is 0 Å². The maximum atomic E-state index is 12.5. The molecular weight excluding hydrogens is 336 g/mol. The fraction of sp³-hybridized carbons (Fsp3) is 0. The lowest BCUT2D eigenvalue weighted by Crippen LogP contribution is -2.12. The molecule has 2 aromatic carbocycles. The molecule has 0 saturated carbocycles. The van der Waals surface area contributed by atoms with Crippen molar-refractivity contribution in [3.05, 3.63) is 90.3 Å². The van der Waals surface area contributed by atoms with E-state index in [1.54, 1.807) is 36.7 Å². The van der Waals surface area contributed by atoms with Gasteiger partial charge in [-0.15, -0.1) is 0 Å². The Kier molecular flexibility index (Phi) is 4.30. The first kappa shape index (κ1) is 16.4. The van der Waals surface area contributed by atoms with Crippen molar-refractivity contribution in [2.24, 2.45) is 0 Å². The molecule has 2 heterocycles. The van der Waals surface area contributed by atoms with Gasteiger partial charge in [-0.1, -0.05) is 24.3 Å². The Morgan fingerprint density at radius 1 is 0.963 bits per heavy atom. The van der Waals surface area contributed by atoms with Gasteiger partial charge in [-0.25, -0.2) is 0 Å². The summed E-state index contributed by atoms with van der Waals surface area (Å²) in [5.74, 6) is -0.232. The number of aromatic nitrogens is 2. The number of carbonyl (C=O) groups excluding carboxylic acids is 1. The van der Waals surface area contributed by atoms with Gasteiger partial charge in [0.2, 0.25) is 0 Å². The first-order chi connectivity index (χ1) is 13.2. The van der Waals surface area contributed by atoms with E-state index in [9.17, 15) is 4.79 Å². The molecule has 0 unspecified atom stereocenters. The number of rotatable bonds is 3. The van der Waals surface area contributed by atoms with Crippen LogP contribution in [-0.2, 0) is 0 Å². The van der Waals surface area contributed by atoms with Crippen molar-refractivity contribution < 1.29 is 4.79 Å². The number of nitriles is 1. The van der Waals surface area contributed by atoms with Crippen LogP contribution in [0.1, 0.15) is 15.9 Å². The zero-order valence-corrected chi connectivity index (χ0v) is 14.3. The standard InChI is InChI=1S/C22H14N4O/c23-13-15-3-5-17(6-4-15)20-10-8-18(14-25-20)22(27)26-19-9-7-16-2-1-11-24-21(16)12-19/h1-12,14H,(H,26,27). The molecule has 0 fully saturated rings. The molecular formula is C22H14N4O. The summed E-state index contributed by atoms with van der Waals surface area (Å²) >= 11 is 0. The molecule has 0 spiro atoms. The molecule has 5 heteroatoms. The Morgan fingerprint density at radius 2 is 1.81 bits per heavy atom. The first-order valence-corrected chi connectivity index (χ1v) is 8.36. The predicted molar refractivity (Wildman–Crippen MR) is 104 cm³/mol. The highest BCUT2D eigenvalue weighted by molar-refractivity contribution is 6.05. The summed E-state index contributed by atoms with van der Waals surface area (Å²) in [7, 11) is 0. The van der Waals surface area contributed by atoms with Gasteiger partial charge < -0.3 is 5.32 Å². The zero-order chi connectivity index (χ0) is 18.6. The van der Waals surface area contributed by atoms with Crippen LogP contribution in [0, 0.1) is 11.3 Å². The molecule has 128 valence electrons. The van der Waals surface area contributed by atoms with Crippen molar-refractivity contribution in [3.63, 3.8) is 0 Å². The summed E-state index contributed by atoms with van der Waals surface area (Å²) in [6.45, 7) is 0. The monoisotopic (exact) mass is 350 g/mol. The Balaban J connectivity index is 1.52. The average Bonchev–Trinajstić information content (AvgIpc) is 2.74. The lowest BCUT2D eigenvalue weighted by molar-refractivity contribution is 0.102. The summed E-state index contributed by atoms with van der Waals surface area (Å²) in [5, 5.41) is 12.7. The minimum Gasteiger partial charge on any atom is -0.322 e. The lowest BCUT2D eigenvalue weighted by Gasteiger charge is -2.07. The van der Waals surface area contributed by atoms with E-state index in [4.69, 9.17) is 5.26 Å². The molecule has 0 aliphatic rings. The maximum absolute atomic E-state index is 12.5. The number of amides is 1. The third-order valence-electron chi connectivity index (χ3n) is 4.20. The highest BCUT2D eigenvalue weighted by Crippen LogP contribution is 2.20. The maximum Gasteiger partial charge on any atom is 0.257 e. The quantitative estimate of drug-likeness (QED) is 0.593. The molecule has 0 aliphatic heterocycles. The molecule has 2 aromatic heterocycles. The van der Waals surface area contributed by atoms with Crippen LogP contribution >= 0.6 is 0 Å². The van der Waals surface area contributed by atoms with Gasteiger partial charge in [-0.05, 0) is 42.5 Å². The van der Waals surface area contributed by atoms with Crippen LogP contribution in [0.4, 0.5) is 5.69 Å². The highest BCUT2D eigenvalue weighted by Gasteiger charge is 2.08. The fourth-order valence-corrected chi connectivity index (χ4v) is 2.76. The number of carbonyl (C=O) groups is 1. The van der Waals surface area contributed by atoms with Gasteiger partial charge >= 0.3 is 0 Å². The van der Waals surface area contributed by atoms with E-state index in [-0.39, 0.29) is 5.91 Å². The molecule has 0 aliphatic carbocycles. The summed E-state index contributed by atoms with van der Waals surface area (Å²) in [5.41, 5.74) is 4.20. The Hall–Kier alpha value is -4.04. The summed E-state index contributed by atoms with van der Waals surface area (Å²) in [6.07, 6.45) is 3.27. The number of pyridine rings is 2. The molecule has 0 atom stereocenters. The SMILES string of the molecule is N#Cc1ccc(-c2ccc(C(=O)Nc3ccc4cccnc4c3)cn2)cc1. The number of anilines is 1. The van der Waals surface area contributed by atoms with Crippen LogP contribution in [0.2, 0.25) is 0 Å². The summed E-state index contributed by atoms with van der Waals surface area (Å²) < 4.78 is 0. The molecule has 0 radical (unpaired) electrons. The van der Waals surface area contributed by atoms with Crippen molar-refractivity contribution in [2.75, 3.05) is 5.32 Å². The lowest BCUT2D eigenvalue weighted by atomic mass is 10.1. The minimum atomic E-state index is -0.232. The van der Waals surface area contributed by atoms with Crippen LogP contribution in [0.15, 0.2) is 79.1 Å². The number of hydrogen-bond acceptors (Lipinski definition) is 4. The van der Waals surface area contributed by atoms with Gasteiger partial charge in [0.25, 0.3) is 5.91 Å². The molecule has 0 saturated heterocycles. The number of benzene rings is 2. The second-order valence-electron chi connectivity index (χ2n) is 5.99. The number of hydrogen-bond donors (Lipinski definition) is 1. The van der Waals surface area contributed by atoms with Crippen LogP contribution in [0.25, 0.3) is 22.2 Å². The van der Waals surface area contributed by atoms with Gasteiger partial charge in [-0.2, -0.15) is 5.26 Å². The number of nitrogens with zero attached hydrogens (tertiary/aromatic N) is 3. The van der Waals surface area contributed by atoms with E-state index in [0.717, 1.165) is 22.2 Å². The highest BCUT2D eigenvalue weighted by atomic mass is 16.1. The third kappa shape index (κ3) is 3.51. The normalized spacial score (nSPS) is 10.3. The van der Waals surface area contributed by atoms with Crippen LogP contribution in [0.3, 0.4) is 0 Å². The smallest absolute Gasteiger partial charge is 0.257 e. The Labute approximate surface area is 156 Å². The summed E-state index contributed by atoms with van der Waals surface area (Å²) in [6, 6.07) is 22.2. The number of nitrogens with one attached hydrogen (secondary N) is 1. The largest absolute Gasteiger partial charge is 0.322 e. The van der Waals surface area contributed by atoms with Gasteiger partial charge in [0.15, 0.2) is 0 Å². The topological polar surface area (TPSA) is 78.7 Å². The average molecular weight is 350 g/mol. The second-order valence-corrected chi connectivity index (χ2v) is 5.99. The van der Waals surface area contributed by atoms with E-state index >= 15 is 0 Å². The second kappa shape index (κ2) is 7.06. The Morgan fingerprint density at radius 3 is 2.56 bits per heavy atom. The zero-order valence-electron chi connectivity index (χ0n) is 14.3. The van der Waals surface area contributed by atoms with Gasteiger partial charge in [0.05, 0.1) is 28.4 Å². The summed E-state index contributed by atoms with van der Waals surface area (Å²) in [4.78, 5) is 21.1. The van der Waals surface area contributed by atoms with E-state index in [1.807, 2.05) is 42.5 Å². The minimum absolute atomic E-state index is 0.232. The molecule has 0 bridgehead atoms.